The van der Waals surface area contributed by atoms with Crippen LogP contribution in [0.5, 0.6) is 0 Å². The lowest BCUT2D eigenvalue weighted by atomic mass is 10.1. The molecule has 1 aromatic carbocycles. The van der Waals surface area contributed by atoms with E-state index in [4.69, 9.17) is 0 Å². The predicted octanol–water partition coefficient (Wildman–Crippen LogP) is 2.15. The van der Waals surface area contributed by atoms with E-state index in [0.717, 1.165) is 19.3 Å². The molecule has 20 heavy (non-hydrogen) atoms. The lowest BCUT2D eigenvalue weighted by Gasteiger charge is -2.32. The molecule has 0 bridgehead atoms. The zero-order valence-electron chi connectivity index (χ0n) is 10.9. The van der Waals surface area contributed by atoms with Crippen molar-refractivity contribution in [1.29, 1.82) is 0 Å². The molecule has 2 heterocycles. The first-order valence-corrected chi connectivity index (χ1v) is 8.10. The molecular weight excluding hydrogens is 278 g/mol. The SMILES string of the molecule is O=C(O)C1=C2CCCCCN2c2ccccc2S1(=O)=O. The number of allylic oxidation sites excluding steroid dienone is 1. The summed E-state index contributed by atoms with van der Waals surface area (Å²) in [6, 6.07) is 6.63. The second kappa shape index (κ2) is 4.63. The first-order valence-electron chi connectivity index (χ1n) is 6.61. The minimum absolute atomic E-state index is 0.100. The normalized spacial score (nSPS) is 20.9. The fourth-order valence-electron chi connectivity index (χ4n) is 2.92. The highest BCUT2D eigenvalue weighted by Crippen LogP contribution is 2.41. The molecule has 1 N–H and O–H groups in total. The van der Waals surface area contributed by atoms with Gasteiger partial charge in [0.25, 0.3) is 0 Å². The number of carbonyl (C=O) groups is 1. The van der Waals surface area contributed by atoms with Crippen molar-refractivity contribution in [2.24, 2.45) is 0 Å². The third-order valence-electron chi connectivity index (χ3n) is 3.79. The predicted molar refractivity (Wildman–Crippen MR) is 74.1 cm³/mol. The quantitative estimate of drug-likeness (QED) is 0.858. The van der Waals surface area contributed by atoms with Crippen molar-refractivity contribution in [3.63, 3.8) is 0 Å². The first kappa shape index (κ1) is 13.2. The van der Waals surface area contributed by atoms with E-state index in [1.54, 1.807) is 18.2 Å². The number of sulfone groups is 1. The number of nitrogens with zero attached hydrogens (tertiary/aromatic N) is 1. The summed E-state index contributed by atoms with van der Waals surface area (Å²) >= 11 is 0. The third-order valence-corrected chi connectivity index (χ3v) is 5.66. The lowest BCUT2D eigenvalue weighted by Crippen LogP contribution is -2.33. The molecule has 0 unspecified atom stereocenters. The van der Waals surface area contributed by atoms with Gasteiger partial charge in [-0.15, -0.1) is 0 Å². The van der Waals surface area contributed by atoms with E-state index in [1.165, 1.54) is 6.07 Å². The molecule has 0 aromatic heterocycles. The van der Waals surface area contributed by atoms with Crippen molar-refractivity contribution in [3.05, 3.63) is 34.9 Å². The van der Waals surface area contributed by atoms with Crippen LogP contribution in [-0.2, 0) is 14.6 Å². The average molecular weight is 293 g/mol. The summed E-state index contributed by atoms with van der Waals surface area (Å²) < 4.78 is 25.1. The van der Waals surface area contributed by atoms with Gasteiger partial charge in [-0.3, -0.25) is 0 Å². The number of para-hydroxylation sites is 1. The minimum atomic E-state index is -3.93. The summed E-state index contributed by atoms with van der Waals surface area (Å²) in [5, 5.41) is 9.37. The molecule has 1 aromatic rings. The van der Waals surface area contributed by atoms with Crippen LogP contribution in [0, 0.1) is 0 Å². The molecule has 1 fully saturated rings. The molecule has 0 aliphatic carbocycles. The molecule has 0 saturated carbocycles. The fourth-order valence-corrected chi connectivity index (χ4v) is 4.61. The summed E-state index contributed by atoms with van der Waals surface area (Å²) in [6.07, 6.45) is 3.23. The van der Waals surface area contributed by atoms with Crippen molar-refractivity contribution < 1.29 is 18.3 Å². The van der Waals surface area contributed by atoms with E-state index in [1.807, 2.05) is 4.90 Å². The molecule has 1 saturated heterocycles. The Morgan fingerprint density at radius 1 is 1.15 bits per heavy atom. The maximum atomic E-state index is 12.5. The number of carboxylic acid groups (broad SMARTS) is 1. The van der Waals surface area contributed by atoms with Gasteiger partial charge in [-0.1, -0.05) is 18.6 Å². The van der Waals surface area contributed by atoms with E-state index in [0.29, 0.717) is 24.4 Å². The Labute approximate surface area is 117 Å². The Kier molecular flexibility index (Phi) is 3.05. The van der Waals surface area contributed by atoms with Gasteiger partial charge in [0.05, 0.1) is 10.6 Å². The molecule has 6 heteroatoms. The molecule has 5 nitrogen and oxygen atoms in total. The highest BCUT2D eigenvalue weighted by Gasteiger charge is 2.40. The molecule has 0 spiro atoms. The molecule has 0 atom stereocenters. The molecule has 3 rings (SSSR count). The summed E-state index contributed by atoms with van der Waals surface area (Å²) in [5.41, 5.74) is 1.04. The number of fused-ring (bicyclic) bond motifs is 3. The summed E-state index contributed by atoms with van der Waals surface area (Å²) in [7, 11) is -3.93. The Bertz CT molecular complexity index is 706. The number of rotatable bonds is 1. The average Bonchev–Trinajstić information content (AvgIpc) is 2.64. The lowest BCUT2D eigenvalue weighted by molar-refractivity contribution is -0.131. The molecule has 2 aliphatic heterocycles. The summed E-state index contributed by atoms with van der Waals surface area (Å²) in [4.78, 5) is 13.0. The maximum Gasteiger partial charge on any atom is 0.349 e. The van der Waals surface area contributed by atoms with Crippen LogP contribution in [0.2, 0.25) is 0 Å². The van der Waals surface area contributed by atoms with Crippen LogP contribution in [0.15, 0.2) is 39.8 Å². The monoisotopic (exact) mass is 293 g/mol. The van der Waals surface area contributed by atoms with Crippen LogP contribution in [0.1, 0.15) is 25.7 Å². The topological polar surface area (TPSA) is 74.7 Å². The van der Waals surface area contributed by atoms with E-state index in [-0.39, 0.29) is 4.90 Å². The largest absolute Gasteiger partial charge is 0.477 e. The third kappa shape index (κ3) is 1.83. The Hall–Kier alpha value is -1.82. The maximum absolute atomic E-state index is 12.5. The van der Waals surface area contributed by atoms with Crippen molar-refractivity contribution in [2.45, 2.75) is 30.6 Å². The molecule has 2 aliphatic rings. The van der Waals surface area contributed by atoms with Crippen molar-refractivity contribution in [2.75, 3.05) is 11.4 Å². The number of benzene rings is 1. The van der Waals surface area contributed by atoms with Crippen LogP contribution in [-0.4, -0.2) is 26.0 Å². The van der Waals surface area contributed by atoms with E-state index in [2.05, 4.69) is 0 Å². The minimum Gasteiger partial charge on any atom is -0.477 e. The van der Waals surface area contributed by atoms with Gasteiger partial charge < -0.3 is 10.0 Å². The van der Waals surface area contributed by atoms with Gasteiger partial charge in [-0.2, -0.15) is 0 Å². The molecule has 0 radical (unpaired) electrons. The fraction of sp³-hybridized carbons (Fsp3) is 0.357. The number of hydrogen-bond acceptors (Lipinski definition) is 4. The first-order chi connectivity index (χ1) is 9.53. The number of hydrogen-bond donors (Lipinski definition) is 1. The van der Waals surface area contributed by atoms with Crippen LogP contribution in [0.25, 0.3) is 0 Å². The van der Waals surface area contributed by atoms with Gasteiger partial charge in [-0.25, -0.2) is 13.2 Å². The zero-order chi connectivity index (χ0) is 14.3. The number of aliphatic carboxylic acids is 1. The van der Waals surface area contributed by atoms with Gasteiger partial charge in [0.1, 0.15) is 0 Å². The smallest absolute Gasteiger partial charge is 0.349 e. The molecule has 0 amide bonds. The van der Waals surface area contributed by atoms with Gasteiger partial charge in [0, 0.05) is 12.2 Å². The molecule has 106 valence electrons. The van der Waals surface area contributed by atoms with Crippen molar-refractivity contribution >= 4 is 21.5 Å². The van der Waals surface area contributed by atoms with E-state index >= 15 is 0 Å². The van der Waals surface area contributed by atoms with Gasteiger partial charge in [0.2, 0.25) is 9.84 Å². The van der Waals surface area contributed by atoms with Crippen molar-refractivity contribution in [1.82, 2.24) is 0 Å². The standard InChI is InChI=1S/C14H15NO4S/c16-14(17)13-11-7-2-1-5-9-15(11)10-6-3-4-8-12(10)20(13,18)19/h3-4,6,8H,1-2,5,7,9H2,(H,16,17). The van der Waals surface area contributed by atoms with E-state index in [9.17, 15) is 18.3 Å². The second-order valence-corrected chi connectivity index (χ2v) is 6.87. The summed E-state index contributed by atoms with van der Waals surface area (Å²) in [5.74, 6) is -1.36. The van der Waals surface area contributed by atoms with Gasteiger partial charge >= 0.3 is 5.97 Å². The van der Waals surface area contributed by atoms with E-state index < -0.39 is 20.7 Å². The van der Waals surface area contributed by atoms with Crippen molar-refractivity contribution in [3.8, 4) is 0 Å². The van der Waals surface area contributed by atoms with Crippen LogP contribution >= 0.6 is 0 Å². The Morgan fingerprint density at radius 3 is 2.65 bits per heavy atom. The number of anilines is 1. The Balaban J connectivity index is 2.33. The highest BCUT2D eigenvalue weighted by atomic mass is 32.2. The highest BCUT2D eigenvalue weighted by molar-refractivity contribution is 7.96. The van der Waals surface area contributed by atoms with Crippen LogP contribution in [0.3, 0.4) is 0 Å². The second-order valence-electron chi connectivity index (χ2n) is 5.01. The van der Waals surface area contributed by atoms with Crippen LogP contribution < -0.4 is 4.90 Å². The molecular formula is C14H15NO4S. The van der Waals surface area contributed by atoms with Gasteiger partial charge in [-0.05, 0) is 31.4 Å². The zero-order valence-corrected chi connectivity index (χ0v) is 11.7. The number of carboxylic acids is 1. The van der Waals surface area contributed by atoms with Crippen LogP contribution in [0.4, 0.5) is 5.69 Å². The summed E-state index contributed by atoms with van der Waals surface area (Å²) in [6.45, 7) is 0.665. The Morgan fingerprint density at radius 2 is 1.90 bits per heavy atom. The van der Waals surface area contributed by atoms with Gasteiger partial charge in [0.15, 0.2) is 4.91 Å².